The molecule has 3 aromatic rings. The summed E-state index contributed by atoms with van der Waals surface area (Å²) in [5.74, 6) is 6.53. The largest absolute Gasteiger partial charge is 0.327 e. The number of nitrogens with zero attached hydrogens (tertiary/aromatic N) is 5. The van der Waals surface area contributed by atoms with Crippen molar-refractivity contribution in [2.45, 2.75) is 39.7 Å². The van der Waals surface area contributed by atoms with Crippen LogP contribution in [-0.2, 0) is 11.3 Å². The Bertz CT molecular complexity index is 1120. The fourth-order valence-electron chi connectivity index (χ4n) is 4.39. The molecule has 1 amide bonds. The van der Waals surface area contributed by atoms with E-state index in [4.69, 9.17) is 0 Å². The van der Waals surface area contributed by atoms with E-state index in [1.54, 1.807) is 6.92 Å². The van der Waals surface area contributed by atoms with E-state index in [0.29, 0.717) is 13.1 Å². The molecule has 0 N–H and O–H groups in total. The molecule has 1 saturated heterocycles. The van der Waals surface area contributed by atoms with E-state index in [1.165, 1.54) is 12.8 Å². The third-order valence-electron chi connectivity index (χ3n) is 6.13. The van der Waals surface area contributed by atoms with Crippen LogP contribution in [0.15, 0.2) is 55.0 Å². The van der Waals surface area contributed by atoms with Gasteiger partial charge in [-0.2, -0.15) is 0 Å². The summed E-state index contributed by atoms with van der Waals surface area (Å²) >= 11 is 0. The minimum atomic E-state index is 0.0434. The van der Waals surface area contributed by atoms with E-state index in [1.807, 2.05) is 29.4 Å². The molecule has 4 rings (SSSR count). The zero-order valence-electron chi connectivity index (χ0n) is 19.7. The summed E-state index contributed by atoms with van der Waals surface area (Å²) in [6.45, 7) is 8.74. The fourth-order valence-corrected chi connectivity index (χ4v) is 4.39. The number of fused-ring (bicyclic) bond motifs is 1. The van der Waals surface area contributed by atoms with Crippen molar-refractivity contribution < 1.29 is 4.79 Å². The molecule has 0 bridgehead atoms. The van der Waals surface area contributed by atoms with E-state index in [2.05, 4.69) is 68.8 Å². The number of carbonyl (C=O) groups is 1. The van der Waals surface area contributed by atoms with Crippen molar-refractivity contribution in [3.63, 3.8) is 0 Å². The Hall–Kier alpha value is -3.30. The van der Waals surface area contributed by atoms with Crippen LogP contribution in [0.5, 0.6) is 0 Å². The first-order valence-electron chi connectivity index (χ1n) is 11.9. The lowest BCUT2D eigenvalue weighted by molar-refractivity contribution is -0.128. The molecule has 1 aliphatic heterocycles. The third kappa shape index (κ3) is 5.55. The fraction of sp³-hybridized carbons (Fsp3) is 0.407. The van der Waals surface area contributed by atoms with Gasteiger partial charge in [-0.15, -0.1) is 0 Å². The van der Waals surface area contributed by atoms with E-state index in [-0.39, 0.29) is 5.91 Å². The average molecular weight is 444 g/mol. The molecule has 1 aliphatic rings. The quantitative estimate of drug-likeness (QED) is 0.491. The smallest absolute Gasteiger partial charge is 0.220 e. The standard InChI is InChI=1S/C27H33N5O/c1-3-16-31(25-12-14-28-15-13-25)32-22-24(26-10-4-5-11-27(26)32)21-30(23(2)33)20-9-8-19-29-17-6-7-18-29/h4-5,10-15,22H,3,6-7,16-21H2,1-2H3. The zero-order chi connectivity index (χ0) is 23.0. The predicted molar refractivity (Wildman–Crippen MR) is 134 cm³/mol. The Balaban J connectivity index is 1.59. The Morgan fingerprint density at radius 3 is 2.58 bits per heavy atom. The van der Waals surface area contributed by atoms with Crippen LogP contribution >= 0.6 is 0 Å². The van der Waals surface area contributed by atoms with Crippen molar-refractivity contribution in [2.75, 3.05) is 37.7 Å². The second-order valence-corrected chi connectivity index (χ2v) is 8.56. The van der Waals surface area contributed by atoms with Gasteiger partial charge in [0.25, 0.3) is 0 Å². The van der Waals surface area contributed by atoms with E-state index in [9.17, 15) is 4.79 Å². The Labute approximate surface area is 196 Å². The van der Waals surface area contributed by atoms with Gasteiger partial charge < -0.3 is 4.90 Å². The molecule has 33 heavy (non-hydrogen) atoms. The Morgan fingerprint density at radius 2 is 1.85 bits per heavy atom. The van der Waals surface area contributed by atoms with Gasteiger partial charge in [0.15, 0.2) is 0 Å². The highest BCUT2D eigenvalue weighted by atomic mass is 16.2. The topological polar surface area (TPSA) is 44.6 Å². The molecule has 0 atom stereocenters. The monoisotopic (exact) mass is 443 g/mol. The van der Waals surface area contributed by atoms with Gasteiger partial charge in [-0.1, -0.05) is 37.0 Å². The summed E-state index contributed by atoms with van der Waals surface area (Å²) in [7, 11) is 0. The maximum absolute atomic E-state index is 12.4. The Kier molecular flexibility index (Phi) is 7.64. The molecule has 0 saturated carbocycles. The molecule has 0 aliphatic carbocycles. The van der Waals surface area contributed by atoms with Gasteiger partial charge in [0.05, 0.1) is 24.3 Å². The molecule has 0 unspecified atom stereocenters. The van der Waals surface area contributed by atoms with Crippen molar-refractivity contribution in [1.82, 2.24) is 19.5 Å². The Morgan fingerprint density at radius 1 is 1.09 bits per heavy atom. The van der Waals surface area contributed by atoms with Crippen molar-refractivity contribution in [3.05, 3.63) is 60.6 Å². The normalized spacial score (nSPS) is 13.6. The van der Waals surface area contributed by atoms with Gasteiger partial charge in [-0.05, 0) is 56.1 Å². The van der Waals surface area contributed by atoms with Crippen LogP contribution in [0.1, 0.15) is 38.7 Å². The van der Waals surface area contributed by atoms with Crippen molar-refractivity contribution >= 4 is 22.5 Å². The minimum absolute atomic E-state index is 0.0434. The number of aromatic nitrogens is 2. The summed E-state index contributed by atoms with van der Waals surface area (Å²) < 4.78 is 2.21. The molecule has 1 aromatic carbocycles. The van der Waals surface area contributed by atoms with Gasteiger partial charge in [0.2, 0.25) is 5.91 Å². The molecular weight excluding hydrogens is 410 g/mol. The number of rotatable bonds is 8. The van der Waals surface area contributed by atoms with Gasteiger partial charge in [0, 0.05) is 44.0 Å². The minimum Gasteiger partial charge on any atom is -0.327 e. The van der Waals surface area contributed by atoms with Crippen LogP contribution in [0, 0.1) is 11.8 Å². The molecule has 2 aromatic heterocycles. The highest BCUT2D eigenvalue weighted by molar-refractivity contribution is 5.85. The number of likely N-dealkylation sites (tertiary alicyclic amines) is 1. The molecule has 3 heterocycles. The van der Waals surface area contributed by atoms with Crippen molar-refractivity contribution in [1.29, 1.82) is 0 Å². The van der Waals surface area contributed by atoms with Crippen LogP contribution < -0.4 is 5.01 Å². The third-order valence-corrected chi connectivity index (χ3v) is 6.13. The summed E-state index contributed by atoms with van der Waals surface area (Å²) in [5.41, 5.74) is 3.34. The lowest BCUT2D eigenvalue weighted by atomic mass is 10.1. The molecule has 6 heteroatoms. The van der Waals surface area contributed by atoms with Gasteiger partial charge in [-0.3, -0.25) is 24.4 Å². The molecule has 0 radical (unpaired) electrons. The van der Waals surface area contributed by atoms with E-state index >= 15 is 0 Å². The maximum Gasteiger partial charge on any atom is 0.220 e. The maximum atomic E-state index is 12.4. The summed E-state index contributed by atoms with van der Waals surface area (Å²) in [6, 6.07) is 12.4. The summed E-state index contributed by atoms with van der Waals surface area (Å²) in [6.07, 6.45) is 9.34. The number of hydrogen-bond donors (Lipinski definition) is 0. The first-order chi connectivity index (χ1) is 16.2. The molecule has 1 fully saturated rings. The highest BCUT2D eigenvalue weighted by Gasteiger charge is 2.17. The predicted octanol–water partition coefficient (Wildman–Crippen LogP) is 4.16. The second kappa shape index (κ2) is 11.0. The molecular formula is C27H33N5O. The highest BCUT2D eigenvalue weighted by Crippen LogP contribution is 2.26. The number of amides is 1. The molecule has 0 spiro atoms. The van der Waals surface area contributed by atoms with Crippen molar-refractivity contribution in [3.8, 4) is 11.8 Å². The number of para-hydroxylation sites is 1. The van der Waals surface area contributed by atoms with E-state index < -0.39 is 0 Å². The average Bonchev–Trinajstić information content (AvgIpc) is 3.48. The van der Waals surface area contributed by atoms with Crippen LogP contribution in [0.4, 0.5) is 5.69 Å². The summed E-state index contributed by atoms with van der Waals surface area (Å²) in [5, 5.41) is 3.42. The number of pyridine rings is 1. The van der Waals surface area contributed by atoms with Crippen molar-refractivity contribution in [2.24, 2.45) is 0 Å². The number of carbonyl (C=O) groups excluding carboxylic acids is 1. The lowest BCUT2D eigenvalue weighted by Crippen LogP contribution is -2.30. The molecule has 6 nitrogen and oxygen atoms in total. The number of hydrogen-bond acceptors (Lipinski definition) is 4. The van der Waals surface area contributed by atoms with E-state index in [0.717, 1.165) is 54.8 Å². The SMILES string of the molecule is CCCN(c1ccncc1)n1cc(CN(CC#CCN2CCCC2)C(C)=O)c2ccccc21. The van der Waals surface area contributed by atoms with Crippen LogP contribution in [0.3, 0.4) is 0 Å². The zero-order valence-corrected chi connectivity index (χ0v) is 19.7. The van der Waals surface area contributed by atoms with Gasteiger partial charge in [0.1, 0.15) is 0 Å². The second-order valence-electron chi connectivity index (χ2n) is 8.56. The summed E-state index contributed by atoms with van der Waals surface area (Å²) in [4.78, 5) is 20.8. The van der Waals surface area contributed by atoms with Crippen LogP contribution in [-0.4, -0.2) is 58.1 Å². The first kappa shape index (κ1) is 22.9. The molecule has 172 valence electrons. The van der Waals surface area contributed by atoms with Gasteiger partial charge in [-0.25, -0.2) is 0 Å². The number of benzene rings is 1. The van der Waals surface area contributed by atoms with Gasteiger partial charge >= 0.3 is 0 Å². The number of anilines is 1. The van der Waals surface area contributed by atoms with Crippen LogP contribution in [0.25, 0.3) is 10.9 Å². The lowest BCUT2D eigenvalue weighted by Gasteiger charge is -2.26. The van der Waals surface area contributed by atoms with Crippen LogP contribution in [0.2, 0.25) is 0 Å². The first-order valence-corrected chi connectivity index (χ1v) is 11.9.